The van der Waals surface area contributed by atoms with Gasteiger partial charge in [-0.2, -0.15) is 0 Å². The maximum absolute atomic E-state index is 5.93. The Bertz CT molecular complexity index is 208. The minimum absolute atomic E-state index is 0.0947. The van der Waals surface area contributed by atoms with Crippen LogP contribution in [0.4, 0.5) is 0 Å². The minimum Gasteiger partial charge on any atom is -0.372 e. The molecule has 0 radical (unpaired) electrons. The van der Waals surface area contributed by atoms with Crippen LogP contribution >= 0.6 is 11.6 Å². The fourth-order valence-corrected chi connectivity index (χ4v) is 2.07. The first-order valence-electron chi connectivity index (χ1n) is 5.43. The van der Waals surface area contributed by atoms with Crippen molar-refractivity contribution in [2.24, 2.45) is 0 Å². The van der Waals surface area contributed by atoms with E-state index in [-0.39, 0.29) is 5.60 Å². The molecule has 0 amide bonds. The molecule has 0 aromatic rings. The summed E-state index contributed by atoms with van der Waals surface area (Å²) >= 11 is 5.63. The van der Waals surface area contributed by atoms with Gasteiger partial charge in [-0.25, -0.2) is 0 Å². The highest BCUT2D eigenvalue weighted by Gasteiger charge is 2.31. The van der Waals surface area contributed by atoms with E-state index in [1.807, 2.05) is 0 Å². The van der Waals surface area contributed by atoms with Gasteiger partial charge >= 0.3 is 0 Å². The summed E-state index contributed by atoms with van der Waals surface area (Å²) in [6.07, 6.45) is 7.07. The third-order valence-corrected chi connectivity index (χ3v) is 2.92. The normalized spacial score (nSPS) is 26.9. The highest BCUT2D eigenvalue weighted by molar-refractivity contribution is 6.17. The number of hydrogen-bond donors (Lipinski definition) is 0. The second-order valence-corrected chi connectivity index (χ2v) is 5.15. The predicted octanol–water partition coefficient (Wildman–Crippen LogP) is 3.91. The molecule has 0 N–H and O–H groups in total. The van der Waals surface area contributed by atoms with Gasteiger partial charge < -0.3 is 4.74 Å². The molecule has 1 unspecified atom stereocenters. The molecule has 1 fully saturated rings. The van der Waals surface area contributed by atoms with E-state index in [4.69, 9.17) is 16.3 Å². The molecule has 0 saturated carbocycles. The molecule has 0 spiro atoms. The van der Waals surface area contributed by atoms with E-state index >= 15 is 0 Å². The van der Waals surface area contributed by atoms with E-state index in [1.165, 1.54) is 18.4 Å². The molecule has 0 aliphatic carbocycles. The first-order chi connectivity index (χ1) is 6.53. The van der Waals surface area contributed by atoms with Crippen molar-refractivity contribution in [3.8, 4) is 0 Å². The van der Waals surface area contributed by atoms with E-state index in [2.05, 4.69) is 26.8 Å². The van der Waals surface area contributed by atoms with Crippen molar-refractivity contribution < 1.29 is 4.74 Å². The Morgan fingerprint density at radius 3 is 2.79 bits per heavy atom. The lowest BCUT2D eigenvalue weighted by molar-refractivity contribution is -0.0144. The number of allylic oxidation sites excluding steroid dienone is 1. The van der Waals surface area contributed by atoms with Crippen molar-refractivity contribution in [1.82, 2.24) is 0 Å². The zero-order valence-corrected chi connectivity index (χ0v) is 10.2. The average Bonchev–Trinajstić information content (AvgIpc) is 2.42. The molecule has 1 heterocycles. The molecule has 0 bridgehead atoms. The lowest BCUT2D eigenvalue weighted by Gasteiger charge is -2.19. The Morgan fingerprint density at radius 1 is 1.57 bits per heavy atom. The van der Waals surface area contributed by atoms with Crippen LogP contribution in [0.2, 0.25) is 0 Å². The van der Waals surface area contributed by atoms with Crippen LogP contribution in [0.25, 0.3) is 0 Å². The largest absolute Gasteiger partial charge is 0.372 e. The van der Waals surface area contributed by atoms with Crippen molar-refractivity contribution in [1.29, 1.82) is 0 Å². The van der Waals surface area contributed by atoms with E-state index in [0.717, 1.165) is 12.8 Å². The smallest absolute Gasteiger partial charge is 0.0631 e. The molecule has 1 rings (SSSR count). The van der Waals surface area contributed by atoms with Crippen molar-refractivity contribution in [2.75, 3.05) is 5.88 Å². The van der Waals surface area contributed by atoms with Gasteiger partial charge in [-0.15, -0.1) is 11.6 Å². The van der Waals surface area contributed by atoms with Gasteiger partial charge in [0, 0.05) is 5.88 Å². The summed E-state index contributed by atoms with van der Waals surface area (Å²) in [5, 5.41) is 0. The predicted molar refractivity (Wildman–Crippen MR) is 61.9 cm³/mol. The molecular weight excluding hydrogens is 196 g/mol. The van der Waals surface area contributed by atoms with Gasteiger partial charge in [-0.05, 0) is 46.5 Å². The van der Waals surface area contributed by atoms with E-state index < -0.39 is 0 Å². The van der Waals surface area contributed by atoms with Crippen LogP contribution in [-0.2, 0) is 4.74 Å². The summed E-state index contributed by atoms with van der Waals surface area (Å²) < 4.78 is 5.93. The van der Waals surface area contributed by atoms with E-state index in [1.54, 1.807) is 0 Å². The SMILES string of the molecule is CC(=CCCCl)CC1CCC(C)(C)O1. The van der Waals surface area contributed by atoms with Gasteiger partial charge in [0.1, 0.15) is 0 Å². The van der Waals surface area contributed by atoms with Crippen LogP contribution in [-0.4, -0.2) is 17.6 Å². The lowest BCUT2D eigenvalue weighted by atomic mass is 10.0. The molecule has 1 atom stereocenters. The van der Waals surface area contributed by atoms with Crippen LogP contribution in [0.1, 0.15) is 46.5 Å². The Hall–Kier alpha value is -0.0100. The van der Waals surface area contributed by atoms with E-state index in [0.29, 0.717) is 12.0 Å². The number of rotatable bonds is 4. The van der Waals surface area contributed by atoms with Crippen LogP contribution in [0.5, 0.6) is 0 Å². The van der Waals surface area contributed by atoms with Crippen molar-refractivity contribution >= 4 is 11.6 Å². The summed E-state index contributed by atoms with van der Waals surface area (Å²) in [6.45, 7) is 6.51. The number of alkyl halides is 1. The van der Waals surface area contributed by atoms with Crippen LogP contribution in [0.3, 0.4) is 0 Å². The Labute approximate surface area is 92.5 Å². The maximum atomic E-state index is 5.93. The highest BCUT2D eigenvalue weighted by Crippen LogP contribution is 2.32. The summed E-state index contributed by atoms with van der Waals surface area (Å²) in [5.41, 5.74) is 1.51. The fourth-order valence-electron chi connectivity index (χ4n) is 1.96. The van der Waals surface area contributed by atoms with Crippen LogP contribution in [0, 0.1) is 0 Å². The topological polar surface area (TPSA) is 9.23 Å². The summed E-state index contributed by atoms with van der Waals surface area (Å²) in [4.78, 5) is 0. The molecule has 1 aliphatic rings. The zero-order valence-electron chi connectivity index (χ0n) is 9.48. The Kier molecular flexibility index (Phi) is 4.46. The number of halogens is 1. The summed E-state index contributed by atoms with van der Waals surface area (Å²) in [5.74, 6) is 0.717. The molecule has 14 heavy (non-hydrogen) atoms. The molecule has 1 nitrogen and oxygen atoms in total. The standard InChI is InChI=1S/C12H21ClO/c1-10(5-4-8-13)9-11-6-7-12(2,3)14-11/h5,11H,4,6-9H2,1-3H3. The molecule has 2 heteroatoms. The molecule has 82 valence electrons. The first-order valence-corrected chi connectivity index (χ1v) is 5.96. The Morgan fingerprint density at radius 2 is 2.29 bits per heavy atom. The van der Waals surface area contributed by atoms with Gasteiger partial charge in [0.15, 0.2) is 0 Å². The highest BCUT2D eigenvalue weighted by atomic mass is 35.5. The van der Waals surface area contributed by atoms with E-state index in [9.17, 15) is 0 Å². The molecule has 1 saturated heterocycles. The summed E-state index contributed by atoms with van der Waals surface area (Å²) in [6, 6.07) is 0. The third kappa shape index (κ3) is 4.02. The first kappa shape index (κ1) is 12.1. The van der Waals surface area contributed by atoms with Gasteiger partial charge in [0.25, 0.3) is 0 Å². The van der Waals surface area contributed by atoms with Crippen molar-refractivity contribution in [3.63, 3.8) is 0 Å². The number of hydrogen-bond acceptors (Lipinski definition) is 1. The zero-order chi connectivity index (χ0) is 10.6. The van der Waals surface area contributed by atoms with Crippen molar-refractivity contribution in [3.05, 3.63) is 11.6 Å². The van der Waals surface area contributed by atoms with Gasteiger partial charge in [0.2, 0.25) is 0 Å². The van der Waals surface area contributed by atoms with Gasteiger partial charge in [-0.1, -0.05) is 11.6 Å². The number of ether oxygens (including phenoxy) is 1. The minimum atomic E-state index is 0.0947. The van der Waals surface area contributed by atoms with Crippen LogP contribution < -0.4 is 0 Å². The maximum Gasteiger partial charge on any atom is 0.0631 e. The fraction of sp³-hybridized carbons (Fsp3) is 0.833. The quantitative estimate of drug-likeness (QED) is 0.512. The lowest BCUT2D eigenvalue weighted by Crippen LogP contribution is -2.20. The Balaban J connectivity index is 2.32. The van der Waals surface area contributed by atoms with Crippen molar-refractivity contribution in [2.45, 2.75) is 58.2 Å². The van der Waals surface area contributed by atoms with Crippen LogP contribution in [0.15, 0.2) is 11.6 Å². The monoisotopic (exact) mass is 216 g/mol. The van der Waals surface area contributed by atoms with Gasteiger partial charge in [-0.3, -0.25) is 0 Å². The molecule has 1 aliphatic heterocycles. The second-order valence-electron chi connectivity index (χ2n) is 4.77. The summed E-state index contributed by atoms with van der Waals surface area (Å²) in [7, 11) is 0. The third-order valence-electron chi connectivity index (χ3n) is 2.71. The average molecular weight is 217 g/mol. The molecular formula is C12H21ClO. The second kappa shape index (κ2) is 5.18. The molecule has 0 aromatic heterocycles. The molecule has 0 aromatic carbocycles. The van der Waals surface area contributed by atoms with Gasteiger partial charge in [0.05, 0.1) is 11.7 Å².